The van der Waals surface area contributed by atoms with Crippen LogP contribution < -0.4 is 10.6 Å². The maximum Gasteiger partial charge on any atom is 0.319 e. The lowest BCUT2D eigenvalue weighted by molar-refractivity contribution is -0.137. The maximum absolute atomic E-state index is 13.5. The van der Waals surface area contributed by atoms with Crippen LogP contribution in [0.4, 0.5) is 10.5 Å². The van der Waals surface area contributed by atoms with Crippen molar-refractivity contribution in [2.75, 3.05) is 38.0 Å². The zero-order valence-corrected chi connectivity index (χ0v) is 20.6. The average Bonchev–Trinajstić information content (AvgIpc) is 3.62. The molecule has 34 heavy (non-hydrogen) atoms. The summed E-state index contributed by atoms with van der Waals surface area (Å²) in [6.07, 6.45) is 3.87. The van der Waals surface area contributed by atoms with Crippen molar-refractivity contribution >= 4 is 17.6 Å². The van der Waals surface area contributed by atoms with Crippen LogP contribution in [0.1, 0.15) is 49.6 Å². The number of pyridine rings is 1. The molecule has 182 valence electrons. The van der Waals surface area contributed by atoms with Crippen LogP contribution in [0.2, 0.25) is 0 Å². The fourth-order valence-corrected chi connectivity index (χ4v) is 5.21. The highest BCUT2D eigenvalue weighted by molar-refractivity contribution is 5.91. The van der Waals surface area contributed by atoms with Gasteiger partial charge in [-0.05, 0) is 64.2 Å². The highest BCUT2D eigenvalue weighted by Crippen LogP contribution is 2.50. The number of carbonyl (C=O) groups is 2. The summed E-state index contributed by atoms with van der Waals surface area (Å²) in [5.41, 5.74) is 3.40. The fraction of sp³-hybridized carbons (Fsp3) is 0.519. The zero-order chi connectivity index (χ0) is 24.1. The molecule has 2 heterocycles. The quantitative estimate of drug-likeness (QED) is 0.623. The largest absolute Gasteiger partial charge is 0.339 e. The van der Waals surface area contributed by atoms with E-state index in [1.807, 2.05) is 44.2 Å². The summed E-state index contributed by atoms with van der Waals surface area (Å²) in [5.74, 6) is 0.305. The van der Waals surface area contributed by atoms with E-state index in [0.29, 0.717) is 18.5 Å². The topological polar surface area (TPSA) is 77.6 Å². The Bertz CT molecular complexity index is 977. The number of hydrogen-bond acceptors (Lipinski definition) is 4. The molecule has 1 aliphatic carbocycles. The van der Waals surface area contributed by atoms with Crippen LogP contribution in [0.25, 0.3) is 0 Å². The summed E-state index contributed by atoms with van der Waals surface area (Å²) in [6.45, 7) is 9.97. The molecule has 1 saturated carbocycles. The average molecular weight is 464 g/mol. The molecule has 2 aromatic rings. The van der Waals surface area contributed by atoms with E-state index in [4.69, 9.17) is 0 Å². The number of carbonyl (C=O) groups excluding carboxylic acids is 2. The van der Waals surface area contributed by atoms with Gasteiger partial charge in [0.15, 0.2) is 0 Å². The molecule has 0 radical (unpaired) electrons. The lowest BCUT2D eigenvalue weighted by atomic mass is 9.92. The molecular formula is C27H37N5O2. The van der Waals surface area contributed by atoms with Crippen LogP contribution in [-0.4, -0.2) is 65.5 Å². The second-order valence-corrected chi connectivity index (χ2v) is 9.63. The molecular weight excluding hydrogens is 426 g/mol. The molecule has 1 aliphatic heterocycles. The van der Waals surface area contributed by atoms with E-state index in [0.717, 1.165) is 74.5 Å². The van der Waals surface area contributed by atoms with Crippen LogP contribution in [0.5, 0.6) is 0 Å². The third-order valence-corrected chi connectivity index (χ3v) is 7.14. The van der Waals surface area contributed by atoms with Crippen LogP contribution in [0, 0.1) is 13.8 Å². The van der Waals surface area contributed by atoms with Crippen LogP contribution in [0.3, 0.4) is 0 Å². The molecule has 0 atom stereocenters. The van der Waals surface area contributed by atoms with Gasteiger partial charge in [0, 0.05) is 55.8 Å². The Balaban J connectivity index is 1.22. The van der Waals surface area contributed by atoms with Gasteiger partial charge in [-0.3, -0.25) is 9.78 Å². The molecule has 1 aromatic carbocycles. The molecule has 1 aromatic heterocycles. The van der Waals surface area contributed by atoms with Crippen LogP contribution >= 0.6 is 0 Å². The van der Waals surface area contributed by atoms with E-state index < -0.39 is 0 Å². The Morgan fingerprint density at radius 2 is 1.74 bits per heavy atom. The standard InChI is InChI=1S/C27H37N5O2/c1-4-32(25(33)27(12-13-27)22-8-6-5-7-9-22)24-10-15-31(16-11-24)17-14-28-26(34)30-23-18-20(2)29-21(3)19-23/h5-9,18-19,24H,4,10-17H2,1-3H3,(H2,28,29,30,34). The van der Waals surface area contributed by atoms with Gasteiger partial charge in [0.1, 0.15) is 0 Å². The monoisotopic (exact) mass is 463 g/mol. The number of piperidine rings is 1. The van der Waals surface area contributed by atoms with E-state index in [-0.39, 0.29) is 11.4 Å². The summed E-state index contributed by atoms with van der Waals surface area (Å²) >= 11 is 0. The maximum atomic E-state index is 13.5. The second-order valence-electron chi connectivity index (χ2n) is 9.63. The van der Waals surface area contributed by atoms with Crippen molar-refractivity contribution in [1.29, 1.82) is 0 Å². The molecule has 4 rings (SSSR count). The minimum absolute atomic E-state index is 0.196. The van der Waals surface area contributed by atoms with Gasteiger partial charge in [-0.1, -0.05) is 30.3 Å². The smallest absolute Gasteiger partial charge is 0.319 e. The number of rotatable bonds is 8. The van der Waals surface area contributed by atoms with Gasteiger partial charge < -0.3 is 20.4 Å². The van der Waals surface area contributed by atoms with Gasteiger partial charge in [-0.15, -0.1) is 0 Å². The Kier molecular flexibility index (Phi) is 7.51. The first-order chi connectivity index (χ1) is 16.4. The highest BCUT2D eigenvalue weighted by atomic mass is 16.2. The van der Waals surface area contributed by atoms with Crippen molar-refractivity contribution in [2.24, 2.45) is 0 Å². The van der Waals surface area contributed by atoms with Gasteiger partial charge in [0.25, 0.3) is 0 Å². The minimum Gasteiger partial charge on any atom is -0.339 e. The number of likely N-dealkylation sites (N-methyl/N-ethyl adjacent to an activating group) is 1. The van der Waals surface area contributed by atoms with Crippen LogP contribution in [-0.2, 0) is 10.2 Å². The van der Waals surface area contributed by atoms with Crippen molar-refractivity contribution < 1.29 is 9.59 Å². The molecule has 7 heteroatoms. The van der Waals surface area contributed by atoms with E-state index in [9.17, 15) is 9.59 Å². The molecule has 2 aliphatic rings. The predicted molar refractivity (Wildman–Crippen MR) is 135 cm³/mol. The number of amides is 3. The summed E-state index contributed by atoms with van der Waals surface area (Å²) in [5, 5.41) is 5.83. The highest BCUT2D eigenvalue weighted by Gasteiger charge is 2.53. The lowest BCUT2D eigenvalue weighted by Crippen LogP contribution is -2.51. The Hall–Kier alpha value is -2.93. The number of likely N-dealkylation sites (tertiary alicyclic amines) is 1. The minimum atomic E-state index is -0.294. The fourth-order valence-electron chi connectivity index (χ4n) is 5.21. The first kappa shape index (κ1) is 24.2. The molecule has 0 bridgehead atoms. The third kappa shape index (κ3) is 5.58. The van der Waals surface area contributed by atoms with Gasteiger partial charge in [-0.25, -0.2) is 4.79 Å². The summed E-state index contributed by atoms with van der Waals surface area (Å²) in [4.78, 5) is 34.6. The molecule has 3 amide bonds. The number of benzene rings is 1. The zero-order valence-electron chi connectivity index (χ0n) is 20.6. The molecule has 0 spiro atoms. The normalized spacial score (nSPS) is 17.7. The van der Waals surface area contributed by atoms with Crippen molar-refractivity contribution in [3.05, 3.63) is 59.4 Å². The van der Waals surface area contributed by atoms with Gasteiger partial charge in [0.05, 0.1) is 5.41 Å². The van der Waals surface area contributed by atoms with Crippen molar-refractivity contribution in [3.8, 4) is 0 Å². The Morgan fingerprint density at radius 3 is 2.32 bits per heavy atom. The lowest BCUT2D eigenvalue weighted by Gasteiger charge is -2.39. The van der Waals surface area contributed by atoms with Gasteiger partial charge >= 0.3 is 6.03 Å². The van der Waals surface area contributed by atoms with E-state index in [1.54, 1.807) is 0 Å². The number of anilines is 1. The number of urea groups is 1. The first-order valence-corrected chi connectivity index (χ1v) is 12.5. The van der Waals surface area contributed by atoms with E-state index >= 15 is 0 Å². The molecule has 7 nitrogen and oxygen atoms in total. The Morgan fingerprint density at radius 1 is 1.09 bits per heavy atom. The summed E-state index contributed by atoms with van der Waals surface area (Å²) < 4.78 is 0. The molecule has 2 fully saturated rings. The molecule has 2 N–H and O–H groups in total. The first-order valence-electron chi connectivity index (χ1n) is 12.5. The van der Waals surface area contributed by atoms with Gasteiger partial charge in [0.2, 0.25) is 5.91 Å². The molecule has 1 saturated heterocycles. The van der Waals surface area contributed by atoms with Crippen molar-refractivity contribution in [3.63, 3.8) is 0 Å². The Labute approximate surface area is 202 Å². The van der Waals surface area contributed by atoms with Crippen molar-refractivity contribution in [2.45, 2.75) is 57.9 Å². The number of nitrogens with zero attached hydrogens (tertiary/aromatic N) is 3. The van der Waals surface area contributed by atoms with E-state index in [1.165, 1.54) is 0 Å². The molecule has 0 unspecified atom stereocenters. The summed E-state index contributed by atoms with van der Waals surface area (Å²) in [7, 11) is 0. The predicted octanol–water partition coefficient (Wildman–Crippen LogP) is 3.86. The third-order valence-electron chi connectivity index (χ3n) is 7.14. The number of aryl methyl sites for hydroxylation is 2. The second kappa shape index (κ2) is 10.6. The number of nitrogens with one attached hydrogen (secondary N) is 2. The number of aromatic nitrogens is 1. The van der Waals surface area contributed by atoms with Crippen LogP contribution in [0.15, 0.2) is 42.5 Å². The van der Waals surface area contributed by atoms with Crippen molar-refractivity contribution in [1.82, 2.24) is 20.1 Å². The SMILES string of the molecule is CCN(C(=O)C1(c2ccccc2)CC1)C1CCN(CCNC(=O)Nc2cc(C)nc(C)c2)CC1. The number of hydrogen-bond donors (Lipinski definition) is 2. The van der Waals surface area contributed by atoms with E-state index in [2.05, 4.69) is 44.5 Å². The van der Waals surface area contributed by atoms with Gasteiger partial charge in [-0.2, -0.15) is 0 Å². The summed E-state index contributed by atoms with van der Waals surface area (Å²) in [6, 6.07) is 14.1.